The highest BCUT2D eigenvalue weighted by Crippen LogP contribution is 2.34. The Balaban J connectivity index is 1.56. The van der Waals surface area contributed by atoms with Gasteiger partial charge in [-0.2, -0.15) is 4.98 Å². The molecule has 1 N–H and O–H groups in total. The highest BCUT2D eigenvalue weighted by atomic mass is 35.5. The van der Waals surface area contributed by atoms with E-state index in [1.807, 2.05) is 23.6 Å². The predicted octanol–water partition coefficient (Wildman–Crippen LogP) is 4.24. The van der Waals surface area contributed by atoms with Crippen LogP contribution in [0.15, 0.2) is 40.2 Å². The number of halogens is 1. The normalized spacial score (nSPS) is 16.9. The zero-order valence-electron chi connectivity index (χ0n) is 13.1. The molecule has 1 amide bonds. The van der Waals surface area contributed by atoms with Gasteiger partial charge in [0.15, 0.2) is 0 Å². The van der Waals surface area contributed by atoms with Gasteiger partial charge in [-0.3, -0.25) is 4.79 Å². The molecular formula is C17H14ClN3O3S. The Hall–Kier alpha value is -2.22. The molecule has 1 fully saturated rings. The van der Waals surface area contributed by atoms with Crippen LogP contribution in [0, 0.1) is 0 Å². The molecule has 1 atom stereocenters. The van der Waals surface area contributed by atoms with Crippen molar-refractivity contribution in [2.75, 3.05) is 11.9 Å². The number of thiophene rings is 1. The summed E-state index contributed by atoms with van der Waals surface area (Å²) >= 11 is 7.32. The molecule has 0 aliphatic carbocycles. The summed E-state index contributed by atoms with van der Waals surface area (Å²) in [6, 6.07) is 9.01. The number of carbonyl (C=O) groups is 1. The van der Waals surface area contributed by atoms with E-state index in [4.69, 9.17) is 20.9 Å². The first-order valence-corrected chi connectivity index (χ1v) is 9.06. The number of nitrogens with zero attached hydrogens (tertiary/aromatic N) is 2. The average molecular weight is 376 g/mol. The Morgan fingerprint density at radius 3 is 2.88 bits per heavy atom. The van der Waals surface area contributed by atoms with Gasteiger partial charge >= 0.3 is 0 Å². The second-order valence-electron chi connectivity index (χ2n) is 5.58. The maximum Gasteiger partial charge on any atom is 0.270 e. The maximum absolute atomic E-state index is 12.2. The lowest BCUT2D eigenvalue weighted by molar-refractivity contribution is -0.124. The zero-order chi connectivity index (χ0) is 17.2. The van der Waals surface area contributed by atoms with Crippen LogP contribution in [0.3, 0.4) is 0 Å². The summed E-state index contributed by atoms with van der Waals surface area (Å²) < 4.78 is 10.8. The van der Waals surface area contributed by atoms with Gasteiger partial charge in [-0.25, -0.2) is 0 Å². The van der Waals surface area contributed by atoms with Crippen LogP contribution in [0.4, 0.5) is 5.69 Å². The second-order valence-corrected chi connectivity index (χ2v) is 6.94. The smallest absolute Gasteiger partial charge is 0.270 e. The van der Waals surface area contributed by atoms with Gasteiger partial charge in [-0.15, -0.1) is 11.3 Å². The van der Waals surface area contributed by atoms with Gasteiger partial charge in [0.05, 0.1) is 5.69 Å². The van der Waals surface area contributed by atoms with Gasteiger partial charge < -0.3 is 14.6 Å². The number of aromatic nitrogens is 2. The van der Waals surface area contributed by atoms with Crippen molar-refractivity contribution in [1.29, 1.82) is 0 Å². The van der Waals surface area contributed by atoms with Crippen molar-refractivity contribution >= 4 is 34.5 Å². The Kier molecular flexibility index (Phi) is 4.52. The Labute approximate surface area is 152 Å². The minimum absolute atomic E-state index is 0.144. The van der Waals surface area contributed by atoms with Crippen LogP contribution < -0.4 is 5.32 Å². The SMILES string of the molecule is O=C(Nc1ccsc1-c1nc(-c2ccc(Cl)cc2)no1)C1CCCO1. The third kappa shape index (κ3) is 3.44. The standard InChI is InChI=1S/C17H14ClN3O3S/c18-11-5-3-10(4-6-11)15-20-17(24-21-15)14-12(7-9-25-14)19-16(22)13-2-1-8-23-13/h3-7,9,13H,1-2,8H2,(H,19,22). The summed E-state index contributed by atoms with van der Waals surface area (Å²) in [6.07, 6.45) is 1.26. The van der Waals surface area contributed by atoms with Crippen LogP contribution in [0.25, 0.3) is 22.2 Å². The van der Waals surface area contributed by atoms with Crippen molar-refractivity contribution in [3.05, 3.63) is 40.7 Å². The molecule has 1 aliphatic heterocycles. The molecule has 1 unspecified atom stereocenters. The molecule has 1 aromatic carbocycles. The number of carbonyl (C=O) groups excluding carboxylic acids is 1. The lowest BCUT2D eigenvalue weighted by Gasteiger charge is -2.09. The highest BCUT2D eigenvalue weighted by molar-refractivity contribution is 7.14. The van der Waals surface area contributed by atoms with Crippen molar-refractivity contribution < 1.29 is 14.1 Å². The topological polar surface area (TPSA) is 77.3 Å². The Morgan fingerprint density at radius 2 is 2.12 bits per heavy atom. The molecule has 0 radical (unpaired) electrons. The van der Waals surface area contributed by atoms with Gasteiger partial charge in [0.2, 0.25) is 5.82 Å². The average Bonchev–Trinajstić information content (AvgIpc) is 3.36. The molecule has 25 heavy (non-hydrogen) atoms. The van der Waals surface area contributed by atoms with Crippen molar-refractivity contribution in [1.82, 2.24) is 10.1 Å². The van der Waals surface area contributed by atoms with E-state index in [9.17, 15) is 4.79 Å². The minimum Gasteiger partial charge on any atom is -0.368 e. The Morgan fingerprint density at radius 1 is 1.28 bits per heavy atom. The molecule has 6 nitrogen and oxygen atoms in total. The molecule has 1 saturated heterocycles. The summed E-state index contributed by atoms with van der Waals surface area (Å²) in [7, 11) is 0. The van der Waals surface area contributed by atoms with E-state index >= 15 is 0 Å². The van der Waals surface area contributed by atoms with Crippen LogP contribution in [-0.2, 0) is 9.53 Å². The first kappa shape index (κ1) is 16.3. The van der Waals surface area contributed by atoms with Gasteiger partial charge in [0.25, 0.3) is 11.8 Å². The van der Waals surface area contributed by atoms with Crippen LogP contribution in [-0.4, -0.2) is 28.8 Å². The molecule has 3 aromatic rings. The molecule has 2 aromatic heterocycles. The molecule has 128 valence electrons. The predicted molar refractivity (Wildman–Crippen MR) is 95.7 cm³/mol. The number of amides is 1. The molecule has 0 saturated carbocycles. The number of rotatable bonds is 4. The van der Waals surface area contributed by atoms with E-state index in [0.717, 1.165) is 23.3 Å². The van der Waals surface area contributed by atoms with Crippen molar-refractivity contribution in [3.63, 3.8) is 0 Å². The fourth-order valence-corrected chi connectivity index (χ4v) is 3.50. The van der Waals surface area contributed by atoms with Crippen molar-refractivity contribution in [2.24, 2.45) is 0 Å². The van der Waals surface area contributed by atoms with E-state index in [1.165, 1.54) is 11.3 Å². The molecule has 8 heteroatoms. The van der Waals surface area contributed by atoms with Gasteiger partial charge in [0, 0.05) is 17.2 Å². The van der Waals surface area contributed by atoms with Crippen LogP contribution >= 0.6 is 22.9 Å². The minimum atomic E-state index is -0.389. The lowest BCUT2D eigenvalue weighted by Crippen LogP contribution is -2.26. The van der Waals surface area contributed by atoms with Crippen LogP contribution in [0.5, 0.6) is 0 Å². The quantitative estimate of drug-likeness (QED) is 0.738. The first-order valence-electron chi connectivity index (χ1n) is 7.81. The third-order valence-electron chi connectivity index (χ3n) is 3.87. The molecular weight excluding hydrogens is 362 g/mol. The van der Waals surface area contributed by atoms with E-state index < -0.39 is 0 Å². The zero-order valence-corrected chi connectivity index (χ0v) is 14.6. The van der Waals surface area contributed by atoms with Crippen molar-refractivity contribution in [3.8, 4) is 22.2 Å². The summed E-state index contributed by atoms with van der Waals surface area (Å²) in [5.74, 6) is 0.689. The second kappa shape index (κ2) is 6.95. The fraction of sp³-hybridized carbons (Fsp3) is 0.235. The number of nitrogens with one attached hydrogen (secondary N) is 1. The van der Waals surface area contributed by atoms with Gasteiger partial charge in [-0.05, 0) is 48.6 Å². The number of benzene rings is 1. The van der Waals surface area contributed by atoms with Gasteiger partial charge in [-0.1, -0.05) is 16.8 Å². The third-order valence-corrected chi connectivity index (χ3v) is 5.02. The first-order chi connectivity index (χ1) is 12.2. The number of anilines is 1. The molecule has 1 aliphatic rings. The number of hydrogen-bond acceptors (Lipinski definition) is 6. The molecule has 3 heterocycles. The van der Waals surface area contributed by atoms with E-state index in [1.54, 1.807) is 12.1 Å². The van der Waals surface area contributed by atoms with E-state index in [-0.39, 0.29) is 12.0 Å². The number of ether oxygens (including phenoxy) is 1. The molecule has 0 spiro atoms. The maximum atomic E-state index is 12.2. The molecule has 4 rings (SSSR count). The largest absolute Gasteiger partial charge is 0.368 e. The molecule has 0 bridgehead atoms. The van der Waals surface area contributed by atoms with Crippen molar-refractivity contribution in [2.45, 2.75) is 18.9 Å². The summed E-state index contributed by atoms with van der Waals surface area (Å²) in [5, 5.41) is 9.41. The van der Waals surface area contributed by atoms with E-state index in [2.05, 4.69) is 15.5 Å². The van der Waals surface area contributed by atoms with E-state index in [0.29, 0.717) is 29.0 Å². The Bertz CT molecular complexity index is 885. The van der Waals surface area contributed by atoms with Crippen LogP contribution in [0.2, 0.25) is 5.02 Å². The highest BCUT2D eigenvalue weighted by Gasteiger charge is 2.25. The lowest BCUT2D eigenvalue weighted by atomic mass is 10.2. The monoisotopic (exact) mass is 375 g/mol. The number of hydrogen-bond donors (Lipinski definition) is 1. The summed E-state index contributed by atoms with van der Waals surface area (Å²) in [6.45, 7) is 0.628. The fourth-order valence-electron chi connectivity index (χ4n) is 2.60. The summed E-state index contributed by atoms with van der Waals surface area (Å²) in [4.78, 5) is 17.4. The summed E-state index contributed by atoms with van der Waals surface area (Å²) in [5.41, 5.74) is 1.46. The van der Waals surface area contributed by atoms with Crippen LogP contribution in [0.1, 0.15) is 12.8 Å². The van der Waals surface area contributed by atoms with Gasteiger partial charge in [0.1, 0.15) is 11.0 Å².